The number of anilines is 1. The zero-order valence-corrected chi connectivity index (χ0v) is 12.7. The standard InChI is InChI=1S/C16H22F2N2O/c1-4-19-14-12(17)7-10(8-13(14)18)15(21)20-11-5-6-16(2,3)9-11/h7-8,11,19H,4-6,9H2,1-3H3,(H,20,21). The lowest BCUT2D eigenvalue weighted by atomic mass is 9.92. The molecule has 0 bridgehead atoms. The fourth-order valence-electron chi connectivity index (χ4n) is 2.88. The van der Waals surface area contributed by atoms with Gasteiger partial charge in [-0.05, 0) is 43.7 Å². The molecule has 0 saturated heterocycles. The molecule has 0 spiro atoms. The number of halogens is 2. The molecule has 1 aliphatic carbocycles. The highest BCUT2D eigenvalue weighted by molar-refractivity contribution is 5.94. The van der Waals surface area contributed by atoms with Crippen LogP contribution in [0.4, 0.5) is 14.5 Å². The minimum absolute atomic E-state index is 0.0244. The summed E-state index contributed by atoms with van der Waals surface area (Å²) in [7, 11) is 0. The van der Waals surface area contributed by atoms with Gasteiger partial charge in [-0.2, -0.15) is 0 Å². The van der Waals surface area contributed by atoms with Crippen molar-refractivity contribution in [2.45, 2.75) is 46.1 Å². The third-order valence-electron chi connectivity index (χ3n) is 3.96. The number of hydrogen-bond acceptors (Lipinski definition) is 2. The van der Waals surface area contributed by atoms with Crippen LogP contribution in [0.25, 0.3) is 0 Å². The Labute approximate surface area is 124 Å². The number of carbonyl (C=O) groups excluding carboxylic acids is 1. The second kappa shape index (κ2) is 6.00. The first kappa shape index (κ1) is 15.7. The topological polar surface area (TPSA) is 41.1 Å². The second-order valence-corrected chi connectivity index (χ2v) is 6.42. The van der Waals surface area contributed by atoms with Crippen molar-refractivity contribution in [1.82, 2.24) is 5.32 Å². The van der Waals surface area contributed by atoms with Crippen molar-refractivity contribution in [3.63, 3.8) is 0 Å². The maximum atomic E-state index is 13.8. The Bertz CT molecular complexity index is 520. The van der Waals surface area contributed by atoms with Crippen LogP contribution in [0.15, 0.2) is 12.1 Å². The van der Waals surface area contributed by atoms with Gasteiger partial charge in [0.1, 0.15) is 17.3 Å². The van der Waals surface area contributed by atoms with Crippen LogP contribution in [0.1, 0.15) is 50.4 Å². The SMILES string of the molecule is CCNc1c(F)cc(C(=O)NC2CCC(C)(C)C2)cc1F. The summed E-state index contributed by atoms with van der Waals surface area (Å²) in [6, 6.07) is 2.24. The van der Waals surface area contributed by atoms with Gasteiger partial charge in [0.15, 0.2) is 0 Å². The van der Waals surface area contributed by atoms with E-state index in [1.807, 2.05) is 0 Å². The predicted molar refractivity (Wildman–Crippen MR) is 79.4 cm³/mol. The van der Waals surface area contributed by atoms with E-state index in [0.29, 0.717) is 6.54 Å². The first-order valence-electron chi connectivity index (χ1n) is 7.36. The van der Waals surface area contributed by atoms with E-state index in [1.165, 1.54) is 0 Å². The van der Waals surface area contributed by atoms with Gasteiger partial charge >= 0.3 is 0 Å². The number of hydrogen-bond donors (Lipinski definition) is 2. The van der Waals surface area contributed by atoms with Crippen molar-refractivity contribution in [2.75, 3.05) is 11.9 Å². The van der Waals surface area contributed by atoms with Crippen LogP contribution >= 0.6 is 0 Å². The van der Waals surface area contributed by atoms with Crippen molar-refractivity contribution in [3.05, 3.63) is 29.3 Å². The first-order chi connectivity index (χ1) is 9.82. The lowest BCUT2D eigenvalue weighted by molar-refractivity contribution is 0.0935. The van der Waals surface area contributed by atoms with E-state index in [9.17, 15) is 13.6 Å². The Balaban J connectivity index is 2.10. The Morgan fingerprint density at radius 3 is 2.43 bits per heavy atom. The number of nitrogens with one attached hydrogen (secondary N) is 2. The van der Waals surface area contributed by atoms with Gasteiger partial charge in [-0.15, -0.1) is 0 Å². The van der Waals surface area contributed by atoms with Crippen molar-refractivity contribution >= 4 is 11.6 Å². The molecule has 116 valence electrons. The molecule has 1 aromatic rings. The van der Waals surface area contributed by atoms with Crippen LogP contribution in [-0.4, -0.2) is 18.5 Å². The number of carbonyl (C=O) groups is 1. The molecular formula is C16H22F2N2O. The van der Waals surface area contributed by atoms with Crippen molar-refractivity contribution < 1.29 is 13.6 Å². The van der Waals surface area contributed by atoms with Crippen LogP contribution < -0.4 is 10.6 Å². The van der Waals surface area contributed by atoms with Gasteiger partial charge in [-0.1, -0.05) is 13.8 Å². The number of benzene rings is 1. The van der Waals surface area contributed by atoms with Crippen LogP contribution in [0, 0.1) is 17.0 Å². The molecular weight excluding hydrogens is 274 g/mol. The van der Waals surface area contributed by atoms with Crippen LogP contribution in [0.3, 0.4) is 0 Å². The van der Waals surface area contributed by atoms with Crippen molar-refractivity contribution in [3.8, 4) is 0 Å². The van der Waals surface area contributed by atoms with E-state index in [-0.39, 0.29) is 22.7 Å². The molecule has 0 aromatic heterocycles. The molecule has 0 radical (unpaired) electrons. The smallest absolute Gasteiger partial charge is 0.251 e. The Morgan fingerprint density at radius 1 is 1.33 bits per heavy atom. The van der Waals surface area contributed by atoms with Crippen molar-refractivity contribution in [1.29, 1.82) is 0 Å². The minimum atomic E-state index is -0.742. The molecule has 0 aliphatic heterocycles. The van der Waals surface area contributed by atoms with E-state index in [4.69, 9.17) is 0 Å². The van der Waals surface area contributed by atoms with E-state index in [1.54, 1.807) is 6.92 Å². The molecule has 0 heterocycles. The Morgan fingerprint density at radius 2 is 1.95 bits per heavy atom. The largest absolute Gasteiger partial charge is 0.381 e. The maximum absolute atomic E-state index is 13.8. The van der Waals surface area contributed by atoms with Gasteiger partial charge in [0.25, 0.3) is 5.91 Å². The van der Waals surface area contributed by atoms with Crippen LogP contribution in [0.5, 0.6) is 0 Å². The minimum Gasteiger partial charge on any atom is -0.381 e. The predicted octanol–water partition coefficient (Wildman–Crippen LogP) is 3.71. The lowest BCUT2D eigenvalue weighted by Crippen LogP contribution is -2.33. The fourth-order valence-corrected chi connectivity index (χ4v) is 2.88. The summed E-state index contributed by atoms with van der Waals surface area (Å²) in [6.45, 7) is 6.48. The fraction of sp³-hybridized carbons (Fsp3) is 0.562. The zero-order chi connectivity index (χ0) is 15.6. The molecule has 1 aliphatic rings. The van der Waals surface area contributed by atoms with Gasteiger partial charge in [0.2, 0.25) is 0 Å². The first-order valence-corrected chi connectivity index (χ1v) is 7.36. The summed E-state index contributed by atoms with van der Waals surface area (Å²) in [4.78, 5) is 12.1. The second-order valence-electron chi connectivity index (χ2n) is 6.42. The average Bonchev–Trinajstić information content (AvgIpc) is 2.72. The molecule has 5 heteroatoms. The van der Waals surface area contributed by atoms with E-state index in [2.05, 4.69) is 24.5 Å². The molecule has 3 nitrogen and oxygen atoms in total. The summed E-state index contributed by atoms with van der Waals surface area (Å²) >= 11 is 0. The van der Waals surface area contributed by atoms with E-state index >= 15 is 0 Å². The summed E-state index contributed by atoms with van der Waals surface area (Å²) in [5.74, 6) is -1.90. The number of amides is 1. The Hall–Kier alpha value is -1.65. The monoisotopic (exact) mass is 296 g/mol. The molecule has 1 saturated carbocycles. The highest BCUT2D eigenvalue weighted by atomic mass is 19.1. The third-order valence-corrected chi connectivity index (χ3v) is 3.96. The molecule has 1 fully saturated rings. The molecule has 1 aromatic carbocycles. The zero-order valence-electron chi connectivity index (χ0n) is 12.7. The van der Waals surface area contributed by atoms with Gasteiger partial charge in [-0.3, -0.25) is 4.79 Å². The highest BCUT2D eigenvalue weighted by Crippen LogP contribution is 2.37. The summed E-state index contributed by atoms with van der Waals surface area (Å²) in [6.07, 6.45) is 2.83. The lowest BCUT2D eigenvalue weighted by Gasteiger charge is -2.18. The molecule has 2 N–H and O–H groups in total. The number of rotatable bonds is 4. The summed E-state index contributed by atoms with van der Waals surface area (Å²) in [5.41, 5.74) is 0.0519. The molecule has 1 amide bonds. The molecule has 21 heavy (non-hydrogen) atoms. The summed E-state index contributed by atoms with van der Waals surface area (Å²) in [5, 5.41) is 5.48. The van der Waals surface area contributed by atoms with E-state index in [0.717, 1.165) is 31.4 Å². The van der Waals surface area contributed by atoms with Gasteiger partial charge in [-0.25, -0.2) is 8.78 Å². The van der Waals surface area contributed by atoms with E-state index < -0.39 is 17.5 Å². The van der Waals surface area contributed by atoms with Gasteiger partial charge < -0.3 is 10.6 Å². The molecule has 2 rings (SSSR count). The average molecular weight is 296 g/mol. The van der Waals surface area contributed by atoms with Gasteiger partial charge in [0.05, 0.1) is 0 Å². The molecule has 1 unspecified atom stereocenters. The summed E-state index contributed by atoms with van der Waals surface area (Å²) < 4.78 is 27.6. The third kappa shape index (κ3) is 3.71. The van der Waals surface area contributed by atoms with Crippen LogP contribution in [0.2, 0.25) is 0 Å². The van der Waals surface area contributed by atoms with Gasteiger partial charge in [0, 0.05) is 18.2 Å². The van der Waals surface area contributed by atoms with Crippen molar-refractivity contribution in [2.24, 2.45) is 5.41 Å². The Kier molecular flexibility index (Phi) is 4.49. The highest BCUT2D eigenvalue weighted by Gasteiger charge is 2.32. The quantitative estimate of drug-likeness (QED) is 0.889. The molecule has 1 atom stereocenters. The maximum Gasteiger partial charge on any atom is 0.251 e. The van der Waals surface area contributed by atoms with Crippen LogP contribution in [-0.2, 0) is 0 Å². The normalized spacial score (nSPS) is 20.3.